The van der Waals surface area contributed by atoms with E-state index in [4.69, 9.17) is 16.3 Å². The number of hydrazone groups is 1. The Kier molecular flexibility index (Phi) is 10.9. The van der Waals surface area contributed by atoms with Crippen LogP contribution in [0.2, 0.25) is 0 Å². The SMILES string of the molecule is CC(=O)NCCCCCCOC(=O)C1CC2CC(CC/C(N)=N/NN)CCC2CN1. The zero-order chi connectivity index (χ0) is 21.8. The van der Waals surface area contributed by atoms with Crippen LogP contribution >= 0.6 is 0 Å². The average molecular weight is 425 g/mol. The number of esters is 1. The largest absolute Gasteiger partial charge is 0.465 e. The first-order valence-corrected chi connectivity index (χ1v) is 11.4. The number of fused-ring (bicyclic) bond motifs is 1. The molecule has 2 rings (SSSR count). The molecular formula is C21H40N6O3. The number of unbranched alkanes of at least 4 members (excludes halogenated alkanes) is 3. The zero-order valence-corrected chi connectivity index (χ0v) is 18.3. The van der Waals surface area contributed by atoms with Gasteiger partial charge < -0.3 is 21.1 Å². The van der Waals surface area contributed by atoms with E-state index in [0.717, 1.165) is 57.9 Å². The Balaban J connectivity index is 1.61. The first-order valence-electron chi connectivity index (χ1n) is 11.4. The molecule has 0 aromatic heterocycles. The minimum atomic E-state index is -0.183. The third-order valence-corrected chi connectivity index (χ3v) is 6.40. The van der Waals surface area contributed by atoms with Crippen LogP contribution in [0, 0.1) is 17.8 Å². The summed E-state index contributed by atoms with van der Waals surface area (Å²) in [5.41, 5.74) is 8.06. The molecule has 0 radical (unpaired) electrons. The van der Waals surface area contributed by atoms with Crippen LogP contribution in [0.1, 0.15) is 71.1 Å². The van der Waals surface area contributed by atoms with Gasteiger partial charge in [-0.25, -0.2) is 11.4 Å². The second kappa shape index (κ2) is 13.4. The number of nitrogens with two attached hydrogens (primary N) is 2. The summed E-state index contributed by atoms with van der Waals surface area (Å²) in [4.78, 5) is 23.3. The minimum Gasteiger partial charge on any atom is -0.465 e. The summed E-state index contributed by atoms with van der Waals surface area (Å²) in [7, 11) is 0. The molecule has 1 heterocycles. The Bertz CT molecular complexity index is 571. The van der Waals surface area contributed by atoms with Gasteiger partial charge in [-0.15, -0.1) is 0 Å². The fraction of sp³-hybridized carbons (Fsp3) is 0.857. The van der Waals surface area contributed by atoms with Gasteiger partial charge in [0.1, 0.15) is 11.9 Å². The number of amidine groups is 1. The van der Waals surface area contributed by atoms with Crippen molar-refractivity contribution in [2.75, 3.05) is 19.7 Å². The van der Waals surface area contributed by atoms with Crippen LogP contribution in [0.3, 0.4) is 0 Å². The molecule has 7 N–H and O–H groups in total. The summed E-state index contributed by atoms with van der Waals surface area (Å²) in [5, 5.41) is 10.0. The predicted molar refractivity (Wildman–Crippen MR) is 117 cm³/mol. The molecule has 30 heavy (non-hydrogen) atoms. The Morgan fingerprint density at radius 1 is 1.13 bits per heavy atom. The van der Waals surface area contributed by atoms with Crippen molar-refractivity contribution in [2.24, 2.45) is 34.4 Å². The molecule has 4 atom stereocenters. The van der Waals surface area contributed by atoms with E-state index < -0.39 is 0 Å². The molecule has 2 fully saturated rings. The van der Waals surface area contributed by atoms with E-state index in [1.54, 1.807) is 0 Å². The standard InChI is InChI=1S/C21H40N6O3/c1-15(28)24-10-4-2-3-5-11-30-21(29)19-13-18-12-16(6-8-17(18)14-25-19)7-9-20(22)26-27-23/h16-19,25,27H,2-14,23H2,1H3,(H2,22,26)(H,24,28). The Hall–Kier alpha value is -1.87. The van der Waals surface area contributed by atoms with Gasteiger partial charge in [-0.3, -0.25) is 9.59 Å². The third-order valence-electron chi connectivity index (χ3n) is 6.40. The molecule has 2 aliphatic rings. The first kappa shape index (κ1) is 24.4. The topological polar surface area (TPSA) is 144 Å². The van der Waals surface area contributed by atoms with Crippen molar-refractivity contribution >= 4 is 17.7 Å². The van der Waals surface area contributed by atoms with E-state index in [1.807, 2.05) is 0 Å². The number of rotatable bonds is 12. The van der Waals surface area contributed by atoms with Crippen LogP contribution < -0.4 is 27.7 Å². The van der Waals surface area contributed by atoms with Crippen molar-refractivity contribution < 1.29 is 14.3 Å². The van der Waals surface area contributed by atoms with Crippen LogP contribution in [-0.4, -0.2) is 43.5 Å². The second-order valence-corrected chi connectivity index (χ2v) is 8.73. The minimum absolute atomic E-state index is 0.0114. The summed E-state index contributed by atoms with van der Waals surface area (Å²) >= 11 is 0. The molecule has 9 heteroatoms. The molecule has 1 amide bonds. The van der Waals surface area contributed by atoms with Crippen molar-refractivity contribution in [1.29, 1.82) is 0 Å². The number of hydrazine groups is 1. The number of amides is 1. The van der Waals surface area contributed by atoms with Crippen LogP contribution in [0.15, 0.2) is 5.10 Å². The van der Waals surface area contributed by atoms with Gasteiger partial charge in [0.25, 0.3) is 0 Å². The van der Waals surface area contributed by atoms with E-state index >= 15 is 0 Å². The average Bonchev–Trinajstić information content (AvgIpc) is 2.73. The molecule has 0 aromatic carbocycles. The highest BCUT2D eigenvalue weighted by atomic mass is 16.5. The molecule has 0 aromatic rings. The molecule has 0 spiro atoms. The summed E-state index contributed by atoms with van der Waals surface area (Å²) < 4.78 is 5.52. The number of carbonyl (C=O) groups is 2. The zero-order valence-electron chi connectivity index (χ0n) is 18.3. The van der Waals surface area contributed by atoms with Crippen molar-refractivity contribution in [3.05, 3.63) is 0 Å². The molecular weight excluding hydrogens is 384 g/mol. The van der Waals surface area contributed by atoms with E-state index in [-0.39, 0.29) is 17.9 Å². The highest BCUT2D eigenvalue weighted by Crippen LogP contribution is 2.40. The summed E-state index contributed by atoms with van der Waals surface area (Å²) in [6, 6.07) is -0.183. The molecule has 9 nitrogen and oxygen atoms in total. The molecule has 172 valence electrons. The molecule has 1 aliphatic heterocycles. The van der Waals surface area contributed by atoms with Crippen molar-refractivity contribution in [3.8, 4) is 0 Å². The van der Waals surface area contributed by atoms with Crippen LogP contribution in [0.5, 0.6) is 0 Å². The maximum atomic E-state index is 12.5. The maximum absolute atomic E-state index is 12.5. The molecule has 1 saturated heterocycles. The summed E-state index contributed by atoms with van der Waals surface area (Å²) in [6.07, 6.45) is 10.1. The monoisotopic (exact) mass is 424 g/mol. The smallest absolute Gasteiger partial charge is 0.323 e. The van der Waals surface area contributed by atoms with Crippen LogP contribution in [0.4, 0.5) is 0 Å². The van der Waals surface area contributed by atoms with Gasteiger partial charge in [0.2, 0.25) is 5.91 Å². The lowest BCUT2D eigenvalue weighted by Crippen LogP contribution is -2.50. The van der Waals surface area contributed by atoms with Gasteiger partial charge in [-0.05, 0) is 69.2 Å². The predicted octanol–water partition coefficient (Wildman–Crippen LogP) is 1.14. The maximum Gasteiger partial charge on any atom is 0.323 e. The number of hydrogen-bond donors (Lipinski definition) is 5. The lowest BCUT2D eigenvalue weighted by Gasteiger charge is -2.42. The quantitative estimate of drug-likeness (QED) is 0.0789. The third kappa shape index (κ3) is 8.87. The summed E-state index contributed by atoms with van der Waals surface area (Å²) in [5.74, 6) is 7.47. The van der Waals surface area contributed by atoms with Gasteiger partial charge >= 0.3 is 5.97 Å². The van der Waals surface area contributed by atoms with E-state index in [0.29, 0.717) is 36.7 Å². The normalized spacial score (nSPS) is 26.5. The lowest BCUT2D eigenvalue weighted by molar-refractivity contribution is -0.148. The number of nitrogens with zero attached hydrogens (tertiary/aromatic N) is 1. The van der Waals surface area contributed by atoms with Gasteiger partial charge in [0.15, 0.2) is 0 Å². The van der Waals surface area contributed by atoms with Crippen molar-refractivity contribution in [1.82, 2.24) is 16.2 Å². The van der Waals surface area contributed by atoms with Crippen molar-refractivity contribution in [2.45, 2.75) is 77.2 Å². The van der Waals surface area contributed by atoms with Gasteiger partial charge in [-0.1, -0.05) is 12.8 Å². The van der Waals surface area contributed by atoms with Gasteiger partial charge in [0, 0.05) is 19.9 Å². The number of ether oxygens (including phenoxy) is 1. The van der Waals surface area contributed by atoms with Gasteiger partial charge in [0.05, 0.1) is 6.61 Å². The molecule has 1 aliphatic carbocycles. The lowest BCUT2D eigenvalue weighted by atomic mass is 9.69. The number of nitrogens with one attached hydrogen (secondary N) is 3. The Labute approximate surface area is 180 Å². The fourth-order valence-corrected chi connectivity index (χ4v) is 4.71. The number of carbonyl (C=O) groups excluding carboxylic acids is 2. The Morgan fingerprint density at radius 3 is 2.70 bits per heavy atom. The van der Waals surface area contributed by atoms with Crippen LogP contribution in [-0.2, 0) is 14.3 Å². The van der Waals surface area contributed by atoms with E-state index in [2.05, 4.69) is 21.3 Å². The molecule has 4 unspecified atom stereocenters. The van der Waals surface area contributed by atoms with E-state index in [1.165, 1.54) is 19.8 Å². The highest BCUT2D eigenvalue weighted by molar-refractivity contribution is 5.79. The van der Waals surface area contributed by atoms with Crippen molar-refractivity contribution in [3.63, 3.8) is 0 Å². The fourth-order valence-electron chi connectivity index (χ4n) is 4.71. The highest BCUT2D eigenvalue weighted by Gasteiger charge is 2.38. The first-order chi connectivity index (χ1) is 14.5. The Morgan fingerprint density at radius 2 is 1.93 bits per heavy atom. The second-order valence-electron chi connectivity index (χ2n) is 8.73. The molecule has 0 bridgehead atoms. The van der Waals surface area contributed by atoms with E-state index in [9.17, 15) is 9.59 Å². The van der Waals surface area contributed by atoms with Crippen LogP contribution in [0.25, 0.3) is 0 Å². The number of hydrogen-bond acceptors (Lipinski definition) is 7. The summed E-state index contributed by atoms with van der Waals surface area (Å²) in [6.45, 7) is 3.62. The molecule has 1 saturated carbocycles. The van der Waals surface area contributed by atoms with Gasteiger partial charge in [-0.2, -0.15) is 5.10 Å². The number of piperidine rings is 1.